The molecule has 1 spiro atoms. The summed E-state index contributed by atoms with van der Waals surface area (Å²) in [6, 6.07) is 2.02. The van der Waals surface area contributed by atoms with Crippen molar-refractivity contribution in [2.45, 2.75) is 51.7 Å². The first kappa shape index (κ1) is 18.2. The number of aromatic nitrogens is 1. The fourth-order valence-corrected chi connectivity index (χ4v) is 4.32. The van der Waals surface area contributed by atoms with Crippen LogP contribution in [-0.2, 0) is 17.8 Å². The standard InChI is InChI=1S/C18H25N3O3S/c1-12-9-14-13(11-19-12)10-18(5-7-21(8-6-18)16(22)23)15(14)20-25(24)17(2,3)4/h9,11H,5-8,10H2,1-4H3,(H,22,23)/b20-15-/t25-/m1/s1. The highest BCUT2D eigenvalue weighted by atomic mass is 32.2. The Morgan fingerprint density at radius 3 is 2.60 bits per heavy atom. The highest BCUT2D eigenvalue weighted by Gasteiger charge is 2.48. The number of nitrogens with zero attached hydrogens (tertiary/aromatic N) is 3. The van der Waals surface area contributed by atoms with Gasteiger partial charge in [0.2, 0.25) is 0 Å². The fraction of sp³-hybridized carbons (Fsp3) is 0.611. The van der Waals surface area contributed by atoms with Gasteiger partial charge < -0.3 is 14.6 Å². The zero-order valence-corrected chi connectivity index (χ0v) is 16.0. The van der Waals surface area contributed by atoms with Crippen molar-refractivity contribution >= 4 is 23.2 Å². The van der Waals surface area contributed by atoms with Gasteiger partial charge in [-0.25, -0.2) is 4.79 Å². The van der Waals surface area contributed by atoms with Gasteiger partial charge in [0, 0.05) is 36.0 Å². The maximum atomic E-state index is 12.7. The van der Waals surface area contributed by atoms with Crippen molar-refractivity contribution in [2.75, 3.05) is 13.1 Å². The summed E-state index contributed by atoms with van der Waals surface area (Å²) in [5.74, 6) is 0. The number of carbonyl (C=O) groups is 1. The molecule has 7 heteroatoms. The summed E-state index contributed by atoms with van der Waals surface area (Å²) in [5.41, 5.74) is 3.72. The first-order valence-electron chi connectivity index (χ1n) is 8.57. The van der Waals surface area contributed by atoms with Crippen molar-refractivity contribution in [1.82, 2.24) is 9.88 Å². The first-order valence-corrected chi connectivity index (χ1v) is 9.68. The average Bonchev–Trinajstić information content (AvgIpc) is 2.80. The Hall–Kier alpha value is -1.60. The highest BCUT2D eigenvalue weighted by Crippen LogP contribution is 2.45. The minimum absolute atomic E-state index is 0.231. The minimum atomic E-state index is -1.35. The van der Waals surface area contributed by atoms with Gasteiger partial charge >= 0.3 is 6.09 Å². The van der Waals surface area contributed by atoms with Crippen LogP contribution in [-0.4, -0.2) is 49.2 Å². The Morgan fingerprint density at radius 2 is 2.04 bits per heavy atom. The van der Waals surface area contributed by atoms with Gasteiger partial charge in [-0.3, -0.25) is 4.98 Å². The largest absolute Gasteiger partial charge is 0.591 e. The van der Waals surface area contributed by atoms with Crippen LogP contribution in [0.25, 0.3) is 0 Å². The van der Waals surface area contributed by atoms with Crippen molar-refractivity contribution in [1.29, 1.82) is 0 Å². The Morgan fingerprint density at radius 1 is 1.40 bits per heavy atom. The molecule has 0 radical (unpaired) electrons. The average molecular weight is 363 g/mol. The van der Waals surface area contributed by atoms with Gasteiger partial charge in [0.1, 0.15) is 21.8 Å². The second-order valence-electron chi connectivity index (χ2n) is 8.01. The smallest absolute Gasteiger partial charge is 0.407 e. The van der Waals surface area contributed by atoms with E-state index in [1.165, 1.54) is 4.90 Å². The van der Waals surface area contributed by atoms with Gasteiger partial charge in [0.15, 0.2) is 0 Å². The number of aryl methyl sites for hydroxylation is 1. The summed E-state index contributed by atoms with van der Waals surface area (Å²) in [4.78, 5) is 17.1. The van der Waals surface area contributed by atoms with E-state index in [9.17, 15) is 14.5 Å². The van der Waals surface area contributed by atoms with E-state index in [0.29, 0.717) is 25.9 Å². The molecule has 2 heterocycles. The van der Waals surface area contributed by atoms with Crippen LogP contribution < -0.4 is 0 Å². The van der Waals surface area contributed by atoms with Gasteiger partial charge in [0.05, 0.1) is 0 Å². The molecule has 0 aromatic carbocycles. The molecule has 0 unspecified atom stereocenters. The lowest BCUT2D eigenvalue weighted by Crippen LogP contribution is -2.45. The van der Waals surface area contributed by atoms with E-state index >= 15 is 0 Å². The molecule has 6 nitrogen and oxygen atoms in total. The van der Waals surface area contributed by atoms with Gasteiger partial charge in [-0.15, -0.1) is 0 Å². The second-order valence-corrected chi connectivity index (χ2v) is 9.92. The summed E-state index contributed by atoms with van der Waals surface area (Å²) in [5, 5.41) is 9.23. The van der Waals surface area contributed by atoms with Crippen LogP contribution in [0.5, 0.6) is 0 Å². The molecule has 136 valence electrons. The third-order valence-electron chi connectivity index (χ3n) is 5.10. The van der Waals surface area contributed by atoms with Crippen LogP contribution in [0, 0.1) is 12.3 Å². The molecule has 1 fully saturated rings. The molecule has 1 amide bonds. The van der Waals surface area contributed by atoms with E-state index in [0.717, 1.165) is 29.0 Å². The van der Waals surface area contributed by atoms with Gasteiger partial charge in [-0.05, 0) is 58.6 Å². The SMILES string of the molecule is Cc1cc2c(cn1)CC1(CCN(C(=O)O)CC1)/C2=N\[S@+]([O-])C(C)(C)C. The van der Waals surface area contributed by atoms with E-state index in [4.69, 9.17) is 0 Å². The van der Waals surface area contributed by atoms with Crippen LogP contribution in [0.15, 0.2) is 16.7 Å². The van der Waals surface area contributed by atoms with Crippen LogP contribution >= 0.6 is 0 Å². The zero-order chi connectivity index (χ0) is 18.4. The molecule has 1 aliphatic heterocycles. The molecule has 1 aromatic rings. The number of fused-ring (bicyclic) bond motifs is 1. The number of pyridine rings is 1. The van der Waals surface area contributed by atoms with Crippen molar-refractivity contribution in [3.8, 4) is 0 Å². The number of piperidine rings is 1. The summed E-state index contributed by atoms with van der Waals surface area (Å²) < 4.78 is 17.0. The number of likely N-dealkylation sites (tertiary alicyclic amines) is 1. The third kappa shape index (κ3) is 3.40. The van der Waals surface area contributed by atoms with E-state index in [1.807, 2.05) is 40.0 Å². The van der Waals surface area contributed by atoms with Gasteiger partial charge in [-0.1, -0.05) is 4.40 Å². The van der Waals surface area contributed by atoms with E-state index in [2.05, 4.69) is 9.38 Å². The van der Waals surface area contributed by atoms with Crippen LogP contribution in [0.2, 0.25) is 0 Å². The van der Waals surface area contributed by atoms with E-state index in [-0.39, 0.29) is 5.41 Å². The predicted molar refractivity (Wildman–Crippen MR) is 98.4 cm³/mol. The Kier molecular flexibility index (Phi) is 4.58. The normalized spacial score (nSPS) is 22.3. The van der Waals surface area contributed by atoms with Crippen LogP contribution in [0.3, 0.4) is 0 Å². The highest BCUT2D eigenvalue weighted by molar-refractivity contribution is 7.91. The summed E-state index contributed by atoms with van der Waals surface area (Å²) in [7, 11) is 0. The number of hydrogen-bond donors (Lipinski definition) is 1. The first-order chi connectivity index (χ1) is 11.6. The Labute approximate surface area is 151 Å². The number of rotatable bonds is 1. The summed E-state index contributed by atoms with van der Waals surface area (Å²) in [6.07, 6.45) is 3.21. The monoisotopic (exact) mass is 363 g/mol. The van der Waals surface area contributed by atoms with Crippen molar-refractivity contribution in [3.05, 3.63) is 29.1 Å². The number of carboxylic acid groups (broad SMARTS) is 1. The third-order valence-corrected chi connectivity index (χ3v) is 6.49. The molecule has 1 aromatic heterocycles. The van der Waals surface area contributed by atoms with Crippen molar-refractivity contribution in [2.24, 2.45) is 9.81 Å². The van der Waals surface area contributed by atoms with E-state index < -0.39 is 22.2 Å². The van der Waals surface area contributed by atoms with Crippen molar-refractivity contribution < 1.29 is 14.5 Å². The summed E-state index contributed by atoms with van der Waals surface area (Å²) >= 11 is -1.35. The molecule has 1 N–H and O–H groups in total. The van der Waals surface area contributed by atoms with E-state index in [1.54, 1.807) is 0 Å². The molecule has 1 aliphatic carbocycles. The molecule has 25 heavy (non-hydrogen) atoms. The quantitative estimate of drug-likeness (QED) is 0.777. The molecule has 1 atom stereocenters. The second kappa shape index (κ2) is 6.29. The predicted octanol–water partition coefficient (Wildman–Crippen LogP) is 2.96. The molecule has 1 saturated heterocycles. The Balaban J connectivity index is 2.01. The lowest BCUT2D eigenvalue weighted by Gasteiger charge is -2.38. The maximum absolute atomic E-state index is 12.7. The van der Waals surface area contributed by atoms with Crippen molar-refractivity contribution in [3.63, 3.8) is 0 Å². The Bertz CT molecular complexity index is 719. The van der Waals surface area contributed by atoms with Gasteiger partial charge in [-0.2, -0.15) is 0 Å². The molecule has 3 rings (SSSR count). The fourth-order valence-electron chi connectivity index (χ4n) is 3.59. The molecule has 0 saturated carbocycles. The molecule has 0 bridgehead atoms. The van der Waals surface area contributed by atoms with Crippen LogP contribution in [0.1, 0.15) is 50.4 Å². The van der Waals surface area contributed by atoms with Gasteiger partial charge in [0.25, 0.3) is 0 Å². The lowest BCUT2D eigenvalue weighted by atomic mass is 9.74. The van der Waals surface area contributed by atoms with Crippen LogP contribution in [0.4, 0.5) is 4.79 Å². The molecular formula is C18H25N3O3S. The zero-order valence-electron chi connectivity index (χ0n) is 15.2. The topological polar surface area (TPSA) is 88.9 Å². The number of amides is 1. The minimum Gasteiger partial charge on any atom is -0.591 e. The molecule has 2 aliphatic rings. The number of hydrogen-bond acceptors (Lipinski definition) is 4. The maximum Gasteiger partial charge on any atom is 0.407 e. The summed E-state index contributed by atoms with van der Waals surface area (Å²) in [6.45, 7) is 8.66. The molecular weight excluding hydrogens is 338 g/mol. The lowest BCUT2D eigenvalue weighted by molar-refractivity contribution is 0.115.